The van der Waals surface area contributed by atoms with Gasteiger partial charge in [0.1, 0.15) is 13.2 Å². The number of ether oxygens (including phenoxy) is 3. The molecule has 0 saturated heterocycles. The minimum absolute atomic E-state index is 0.0901. The predicted octanol–water partition coefficient (Wildman–Crippen LogP) is 24.4. The van der Waals surface area contributed by atoms with E-state index in [9.17, 15) is 14.4 Å². The zero-order chi connectivity index (χ0) is 59.2. The molecule has 0 aromatic heterocycles. The minimum atomic E-state index is -0.796. The van der Waals surface area contributed by atoms with Gasteiger partial charge in [0.05, 0.1) is 0 Å². The first-order valence-corrected chi connectivity index (χ1v) is 35.2. The molecule has 0 bridgehead atoms. The van der Waals surface area contributed by atoms with Gasteiger partial charge in [0, 0.05) is 19.3 Å². The van der Waals surface area contributed by atoms with Gasteiger partial charge >= 0.3 is 17.9 Å². The standard InChI is InChI=1S/C76H132O6/c1-4-7-10-13-16-19-22-25-28-30-32-34-36-38-40-42-44-46-48-51-54-57-60-63-66-69-75(78)81-72-73(71-80-74(77)68-65-62-59-56-53-50-27-24-21-18-15-12-9-6-3)82-76(79)70-67-64-61-58-55-52-49-47-45-43-41-39-37-35-33-31-29-26-23-20-17-14-11-8-5-2/h7,10,16,19,24-25,27-28,32,34,38,40,44,46,51,54,73H,4-6,8-9,11-15,17-18,20-23,26,29-31,33,35-37,39,41-43,45,47-50,52-53,55-72H2,1-3H3/b10-7-,19-16-,27-24-,28-25-,34-32-,40-38-,46-44-,54-51-. The Bertz CT molecular complexity index is 1590. The van der Waals surface area contributed by atoms with Crippen LogP contribution in [-0.2, 0) is 28.6 Å². The van der Waals surface area contributed by atoms with Crippen LogP contribution in [0.1, 0.15) is 348 Å². The van der Waals surface area contributed by atoms with Crippen molar-refractivity contribution in [1.29, 1.82) is 0 Å². The number of allylic oxidation sites excluding steroid dienone is 16. The van der Waals surface area contributed by atoms with Crippen LogP contribution in [0.4, 0.5) is 0 Å². The van der Waals surface area contributed by atoms with Gasteiger partial charge in [-0.05, 0) is 103 Å². The largest absolute Gasteiger partial charge is 0.462 e. The zero-order valence-electron chi connectivity index (χ0n) is 54.2. The average molecular weight is 1140 g/mol. The molecule has 0 N–H and O–H groups in total. The third-order valence-electron chi connectivity index (χ3n) is 15.3. The second-order valence-electron chi connectivity index (χ2n) is 23.4. The second-order valence-corrected chi connectivity index (χ2v) is 23.4. The molecule has 1 atom stereocenters. The third-order valence-corrected chi connectivity index (χ3v) is 15.3. The smallest absolute Gasteiger partial charge is 0.306 e. The third kappa shape index (κ3) is 67.1. The molecule has 0 spiro atoms. The first-order valence-electron chi connectivity index (χ1n) is 35.2. The molecule has 6 nitrogen and oxygen atoms in total. The summed E-state index contributed by atoms with van der Waals surface area (Å²) in [5.74, 6) is -0.915. The van der Waals surface area contributed by atoms with Gasteiger partial charge in [0.25, 0.3) is 0 Å². The normalized spacial score (nSPS) is 12.7. The highest BCUT2D eigenvalue weighted by atomic mass is 16.6. The quantitative estimate of drug-likeness (QED) is 0.0261. The van der Waals surface area contributed by atoms with Gasteiger partial charge in [-0.15, -0.1) is 0 Å². The molecule has 0 heterocycles. The van der Waals surface area contributed by atoms with Gasteiger partial charge in [-0.25, -0.2) is 0 Å². The van der Waals surface area contributed by atoms with Crippen molar-refractivity contribution in [2.75, 3.05) is 13.2 Å². The topological polar surface area (TPSA) is 78.9 Å². The van der Waals surface area contributed by atoms with E-state index in [4.69, 9.17) is 14.2 Å². The molecule has 0 aliphatic carbocycles. The number of carbonyl (C=O) groups is 3. The van der Waals surface area contributed by atoms with E-state index in [1.54, 1.807) is 0 Å². The van der Waals surface area contributed by atoms with E-state index >= 15 is 0 Å². The second kappa shape index (κ2) is 69.8. The van der Waals surface area contributed by atoms with Gasteiger partial charge in [-0.2, -0.15) is 0 Å². The molecule has 0 radical (unpaired) electrons. The number of hydrogen-bond donors (Lipinski definition) is 0. The maximum Gasteiger partial charge on any atom is 0.306 e. The van der Waals surface area contributed by atoms with E-state index in [2.05, 4.69) is 118 Å². The van der Waals surface area contributed by atoms with E-state index in [-0.39, 0.29) is 31.1 Å². The Labute approximate surface area is 508 Å². The molecule has 1 unspecified atom stereocenters. The van der Waals surface area contributed by atoms with Crippen molar-refractivity contribution in [3.05, 3.63) is 97.2 Å². The lowest BCUT2D eigenvalue weighted by Gasteiger charge is -2.18. The summed E-state index contributed by atoms with van der Waals surface area (Å²) in [5.41, 5.74) is 0. The van der Waals surface area contributed by atoms with Crippen LogP contribution in [0.3, 0.4) is 0 Å². The molecule has 0 aliphatic heterocycles. The van der Waals surface area contributed by atoms with Crippen molar-refractivity contribution in [2.24, 2.45) is 0 Å². The Kier molecular flexibility index (Phi) is 66.7. The highest BCUT2D eigenvalue weighted by molar-refractivity contribution is 5.71. The lowest BCUT2D eigenvalue weighted by atomic mass is 10.0. The zero-order valence-corrected chi connectivity index (χ0v) is 54.2. The van der Waals surface area contributed by atoms with Gasteiger partial charge in [-0.1, -0.05) is 323 Å². The molecule has 0 aromatic carbocycles. The van der Waals surface area contributed by atoms with Crippen LogP contribution in [0.5, 0.6) is 0 Å². The van der Waals surface area contributed by atoms with Crippen LogP contribution in [0, 0.1) is 0 Å². The van der Waals surface area contributed by atoms with Crippen LogP contribution in [0.25, 0.3) is 0 Å². The van der Waals surface area contributed by atoms with E-state index in [0.29, 0.717) is 19.3 Å². The number of hydrogen-bond acceptors (Lipinski definition) is 6. The fourth-order valence-corrected chi connectivity index (χ4v) is 10.1. The Balaban J connectivity index is 4.36. The summed E-state index contributed by atoms with van der Waals surface area (Å²) in [4.78, 5) is 38.4. The molecule has 0 fully saturated rings. The summed E-state index contributed by atoms with van der Waals surface area (Å²) < 4.78 is 17.0. The van der Waals surface area contributed by atoms with Crippen LogP contribution >= 0.6 is 0 Å². The Morgan fingerprint density at radius 3 is 0.768 bits per heavy atom. The Morgan fingerprint density at radius 2 is 0.476 bits per heavy atom. The summed E-state index contributed by atoms with van der Waals surface area (Å²) in [6.45, 7) is 6.53. The van der Waals surface area contributed by atoms with Gasteiger partial charge in [-0.3, -0.25) is 14.4 Å². The number of esters is 3. The van der Waals surface area contributed by atoms with Crippen molar-refractivity contribution in [3.63, 3.8) is 0 Å². The lowest BCUT2D eigenvalue weighted by molar-refractivity contribution is -0.167. The number of rotatable bonds is 64. The molecule has 472 valence electrons. The summed E-state index contributed by atoms with van der Waals surface area (Å²) in [7, 11) is 0. The lowest BCUT2D eigenvalue weighted by Crippen LogP contribution is -2.30. The Morgan fingerprint density at radius 1 is 0.256 bits per heavy atom. The van der Waals surface area contributed by atoms with E-state index in [1.807, 2.05) is 0 Å². The Hall–Kier alpha value is -3.67. The van der Waals surface area contributed by atoms with Crippen LogP contribution in [0.15, 0.2) is 97.2 Å². The summed E-state index contributed by atoms with van der Waals surface area (Å²) >= 11 is 0. The van der Waals surface area contributed by atoms with Crippen molar-refractivity contribution in [1.82, 2.24) is 0 Å². The molecule has 82 heavy (non-hydrogen) atoms. The van der Waals surface area contributed by atoms with Gasteiger partial charge in [0.15, 0.2) is 6.10 Å². The first kappa shape index (κ1) is 78.3. The fourth-order valence-electron chi connectivity index (χ4n) is 10.1. The van der Waals surface area contributed by atoms with Crippen LogP contribution in [-0.4, -0.2) is 37.2 Å². The molecular formula is C76H132O6. The average Bonchev–Trinajstić information content (AvgIpc) is 3.47. The molecule has 0 aliphatic rings. The molecule has 0 aromatic rings. The summed E-state index contributed by atoms with van der Waals surface area (Å²) in [6.07, 6.45) is 94.3. The maximum atomic E-state index is 13.0. The van der Waals surface area contributed by atoms with E-state index < -0.39 is 6.10 Å². The van der Waals surface area contributed by atoms with E-state index in [0.717, 1.165) is 116 Å². The molecular weight excluding hydrogens is 1010 g/mol. The predicted molar refractivity (Wildman–Crippen MR) is 357 cm³/mol. The number of carbonyl (C=O) groups excluding carboxylic acids is 3. The maximum absolute atomic E-state index is 13.0. The van der Waals surface area contributed by atoms with Gasteiger partial charge < -0.3 is 14.2 Å². The van der Waals surface area contributed by atoms with Crippen molar-refractivity contribution in [2.45, 2.75) is 354 Å². The van der Waals surface area contributed by atoms with Crippen molar-refractivity contribution >= 4 is 17.9 Å². The molecule has 0 rings (SSSR count). The highest BCUT2D eigenvalue weighted by Crippen LogP contribution is 2.18. The first-order chi connectivity index (χ1) is 40.5. The van der Waals surface area contributed by atoms with Crippen molar-refractivity contribution in [3.8, 4) is 0 Å². The molecule has 0 saturated carbocycles. The monoisotopic (exact) mass is 1140 g/mol. The van der Waals surface area contributed by atoms with Crippen molar-refractivity contribution < 1.29 is 28.6 Å². The van der Waals surface area contributed by atoms with E-state index in [1.165, 1.54) is 193 Å². The SMILES string of the molecule is CC/C=C\C/C=C\C/C=C\C/C=C\C/C=C\C/C=C\C/C=C\CCCCCC(=O)OCC(COC(=O)CCCCCCC/C=C\CCCCCCC)OC(=O)CCCCCCCCCCCCCCCCCCCCCCCCCCC. The van der Waals surface area contributed by atoms with Crippen LogP contribution < -0.4 is 0 Å². The highest BCUT2D eigenvalue weighted by Gasteiger charge is 2.19. The molecule has 6 heteroatoms. The summed E-state index contributed by atoms with van der Waals surface area (Å²) in [5, 5.41) is 0. The number of unbranched alkanes of at least 4 members (excludes halogenated alkanes) is 37. The van der Waals surface area contributed by atoms with Crippen LogP contribution in [0.2, 0.25) is 0 Å². The molecule has 0 amide bonds. The minimum Gasteiger partial charge on any atom is -0.462 e. The summed E-state index contributed by atoms with van der Waals surface area (Å²) in [6, 6.07) is 0. The van der Waals surface area contributed by atoms with Gasteiger partial charge in [0.2, 0.25) is 0 Å². The fraction of sp³-hybridized carbons (Fsp3) is 0.750.